The minimum atomic E-state index is -0.244. The first-order chi connectivity index (χ1) is 8.90. The quantitative estimate of drug-likeness (QED) is 0.747. The smallest absolute Gasteiger partial charge is 0.246 e. The zero-order valence-corrected chi connectivity index (χ0v) is 11.9. The number of carbonyl (C=O) groups excluding carboxylic acids is 1. The van der Waals surface area contributed by atoms with Crippen LogP contribution in [0.4, 0.5) is 4.39 Å². The average Bonchev–Trinajstić information content (AvgIpc) is 2.67. The number of hydrogen-bond donors (Lipinski definition) is 0. The summed E-state index contributed by atoms with van der Waals surface area (Å²) in [5, 5.41) is 0. The van der Waals surface area contributed by atoms with Crippen molar-refractivity contribution in [2.24, 2.45) is 5.92 Å². The molecule has 0 radical (unpaired) electrons. The van der Waals surface area contributed by atoms with Gasteiger partial charge in [-0.25, -0.2) is 4.39 Å². The molecule has 1 unspecified atom stereocenters. The standard InChI is InChI=1S/C16H20FNO/c1-10(2)14-7-11(8-16(19)18(3)4)15-9-12(17)5-6-13(14)15/h5-6,8-10,14H,7H2,1-4H3/b11-8-. The fourth-order valence-corrected chi connectivity index (χ4v) is 2.60. The van der Waals surface area contributed by atoms with Gasteiger partial charge in [0.1, 0.15) is 5.82 Å². The molecular formula is C16H20FNO. The van der Waals surface area contributed by atoms with Crippen LogP contribution in [0.25, 0.3) is 5.57 Å². The number of rotatable bonds is 2. The third-order valence-electron chi connectivity index (χ3n) is 3.74. The van der Waals surface area contributed by atoms with Crippen LogP contribution in [0.3, 0.4) is 0 Å². The summed E-state index contributed by atoms with van der Waals surface area (Å²) in [6.07, 6.45) is 2.46. The number of benzene rings is 1. The second-order valence-corrected chi connectivity index (χ2v) is 5.69. The Labute approximate surface area is 113 Å². The van der Waals surface area contributed by atoms with E-state index in [9.17, 15) is 9.18 Å². The third kappa shape index (κ3) is 2.70. The van der Waals surface area contributed by atoms with Crippen LogP contribution in [0.2, 0.25) is 0 Å². The van der Waals surface area contributed by atoms with E-state index in [0.29, 0.717) is 11.8 Å². The molecule has 2 nitrogen and oxygen atoms in total. The molecule has 0 fully saturated rings. The number of carbonyl (C=O) groups is 1. The van der Waals surface area contributed by atoms with Crippen LogP contribution in [0, 0.1) is 11.7 Å². The fourth-order valence-electron chi connectivity index (χ4n) is 2.60. The van der Waals surface area contributed by atoms with Gasteiger partial charge in [-0.3, -0.25) is 4.79 Å². The molecule has 1 atom stereocenters. The molecule has 0 spiro atoms. The van der Waals surface area contributed by atoms with Crippen molar-refractivity contribution in [2.75, 3.05) is 14.1 Å². The highest BCUT2D eigenvalue weighted by molar-refractivity contribution is 5.96. The van der Waals surface area contributed by atoms with Gasteiger partial charge in [0, 0.05) is 20.2 Å². The number of allylic oxidation sites excluding steroid dienone is 1. The van der Waals surface area contributed by atoms with Gasteiger partial charge in [0.2, 0.25) is 5.91 Å². The minimum Gasteiger partial charge on any atom is -0.345 e. The molecule has 102 valence electrons. The molecular weight excluding hydrogens is 241 g/mol. The average molecular weight is 261 g/mol. The van der Waals surface area contributed by atoms with Gasteiger partial charge < -0.3 is 4.90 Å². The van der Waals surface area contributed by atoms with Gasteiger partial charge in [-0.05, 0) is 47.1 Å². The summed E-state index contributed by atoms with van der Waals surface area (Å²) in [5.74, 6) is 0.558. The molecule has 0 heterocycles. The van der Waals surface area contributed by atoms with Gasteiger partial charge >= 0.3 is 0 Å². The van der Waals surface area contributed by atoms with Crippen LogP contribution < -0.4 is 0 Å². The summed E-state index contributed by atoms with van der Waals surface area (Å²) in [7, 11) is 3.45. The molecule has 1 aliphatic carbocycles. The molecule has 0 N–H and O–H groups in total. The highest BCUT2D eigenvalue weighted by atomic mass is 19.1. The number of hydrogen-bond acceptors (Lipinski definition) is 1. The summed E-state index contributed by atoms with van der Waals surface area (Å²) < 4.78 is 13.4. The van der Waals surface area contributed by atoms with E-state index >= 15 is 0 Å². The first-order valence-electron chi connectivity index (χ1n) is 6.62. The molecule has 1 aliphatic rings. The summed E-state index contributed by atoms with van der Waals surface area (Å²) in [6, 6.07) is 4.91. The molecule has 2 rings (SSSR count). The van der Waals surface area contributed by atoms with E-state index in [1.54, 1.807) is 26.2 Å². The number of amides is 1. The monoisotopic (exact) mass is 261 g/mol. The number of nitrogens with zero attached hydrogens (tertiary/aromatic N) is 1. The van der Waals surface area contributed by atoms with Gasteiger partial charge in [-0.1, -0.05) is 19.9 Å². The van der Waals surface area contributed by atoms with Crippen LogP contribution in [-0.4, -0.2) is 24.9 Å². The first kappa shape index (κ1) is 13.8. The van der Waals surface area contributed by atoms with Gasteiger partial charge in [-0.15, -0.1) is 0 Å². The Morgan fingerprint density at radius 3 is 2.68 bits per heavy atom. The summed E-state index contributed by atoms with van der Waals surface area (Å²) in [6.45, 7) is 4.32. The molecule has 0 aliphatic heterocycles. The second-order valence-electron chi connectivity index (χ2n) is 5.69. The lowest BCUT2D eigenvalue weighted by Gasteiger charge is -2.14. The van der Waals surface area contributed by atoms with Crippen molar-refractivity contribution in [3.05, 3.63) is 41.2 Å². The van der Waals surface area contributed by atoms with E-state index in [1.165, 1.54) is 11.0 Å². The zero-order chi connectivity index (χ0) is 14.2. The topological polar surface area (TPSA) is 20.3 Å². The van der Waals surface area contributed by atoms with E-state index in [2.05, 4.69) is 13.8 Å². The van der Waals surface area contributed by atoms with Crippen LogP contribution in [0.1, 0.15) is 37.3 Å². The summed E-state index contributed by atoms with van der Waals surface area (Å²) in [5.41, 5.74) is 3.01. The molecule has 0 aromatic heterocycles. The second kappa shape index (κ2) is 5.16. The Balaban J connectivity index is 2.46. The van der Waals surface area contributed by atoms with Crippen molar-refractivity contribution in [2.45, 2.75) is 26.2 Å². The largest absolute Gasteiger partial charge is 0.345 e. The third-order valence-corrected chi connectivity index (χ3v) is 3.74. The lowest BCUT2D eigenvalue weighted by Crippen LogP contribution is -2.19. The lowest BCUT2D eigenvalue weighted by atomic mass is 9.90. The Kier molecular flexibility index (Phi) is 3.74. The first-order valence-corrected chi connectivity index (χ1v) is 6.62. The maximum atomic E-state index is 13.4. The fraction of sp³-hybridized carbons (Fsp3) is 0.438. The van der Waals surface area contributed by atoms with Crippen LogP contribution in [0.15, 0.2) is 24.3 Å². The molecule has 19 heavy (non-hydrogen) atoms. The highest BCUT2D eigenvalue weighted by Gasteiger charge is 2.29. The van der Waals surface area contributed by atoms with Crippen LogP contribution in [0.5, 0.6) is 0 Å². The van der Waals surface area contributed by atoms with E-state index < -0.39 is 0 Å². The molecule has 0 saturated carbocycles. The number of halogens is 1. The molecule has 0 saturated heterocycles. The minimum absolute atomic E-state index is 0.0467. The van der Waals surface area contributed by atoms with E-state index in [4.69, 9.17) is 0 Å². The zero-order valence-electron chi connectivity index (χ0n) is 11.9. The Bertz CT molecular complexity index is 532. The van der Waals surface area contributed by atoms with Crippen molar-refractivity contribution in [3.63, 3.8) is 0 Å². The van der Waals surface area contributed by atoms with Crippen molar-refractivity contribution in [1.82, 2.24) is 4.90 Å². The number of fused-ring (bicyclic) bond motifs is 1. The normalized spacial score (nSPS) is 19.9. The highest BCUT2D eigenvalue weighted by Crippen LogP contribution is 2.44. The molecule has 3 heteroatoms. The SMILES string of the molecule is CC(C)C1C/C(=C/C(=O)N(C)C)c2cc(F)ccc21. The van der Waals surface area contributed by atoms with E-state index in [1.807, 2.05) is 6.07 Å². The van der Waals surface area contributed by atoms with E-state index in [0.717, 1.165) is 23.1 Å². The van der Waals surface area contributed by atoms with Crippen molar-refractivity contribution in [1.29, 1.82) is 0 Å². The van der Waals surface area contributed by atoms with Crippen molar-refractivity contribution < 1.29 is 9.18 Å². The van der Waals surface area contributed by atoms with Gasteiger partial charge in [0.05, 0.1) is 0 Å². The van der Waals surface area contributed by atoms with Crippen LogP contribution in [-0.2, 0) is 4.79 Å². The Morgan fingerprint density at radius 1 is 1.42 bits per heavy atom. The summed E-state index contributed by atoms with van der Waals surface area (Å²) >= 11 is 0. The predicted molar refractivity (Wildman–Crippen MR) is 75.3 cm³/mol. The lowest BCUT2D eigenvalue weighted by molar-refractivity contribution is -0.123. The molecule has 1 aromatic carbocycles. The van der Waals surface area contributed by atoms with Crippen molar-refractivity contribution in [3.8, 4) is 0 Å². The Hall–Kier alpha value is -1.64. The van der Waals surface area contributed by atoms with Gasteiger partial charge in [0.15, 0.2) is 0 Å². The predicted octanol–water partition coefficient (Wildman–Crippen LogP) is 3.44. The Morgan fingerprint density at radius 2 is 2.11 bits per heavy atom. The maximum absolute atomic E-state index is 13.4. The van der Waals surface area contributed by atoms with E-state index in [-0.39, 0.29) is 11.7 Å². The summed E-state index contributed by atoms with van der Waals surface area (Å²) in [4.78, 5) is 13.4. The molecule has 1 aromatic rings. The molecule has 1 amide bonds. The van der Waals surface area contributed by atoms with Crippen LogP contribution >= 0.6 is 0 Å². The van der Waals surface area contributed by atoms with Gasteiger partial charge in [-0.2, -0.15) is 0 Å². The molecule has 0 bridgehead atoms. The van der Waals surface area contributed by atoms with Crippen molar-refractivity contribution >= 4 is 11.5 Å². The maximum Gasteiger partial charge on any atom is 0.246 e. The van der Waals surface area contributed by atoms with Gasteiger partial charge in [0.25, 0.3) is 0 Å². The number of likely N-dealkylation sites (N-methyl/N-ethyl adjacent to an activating group) is 1.